The van der Waals surface area contributed by atoms with Gasteiger partial charge in [0.05, 0.1) is 17.4 Å². The summed E-state index contributed by atoms with van der Waals surface area (Å²) in [5.41, 5.74) is 6.94. The van der Waals surface area contributed by atoms with Crippen LogP contribution in [0.1, 0.15) is 11.1 Å². The SMILES string of the molecule is NCc1ccccc1CC(=O)NC1C(=O)N2C(C(=O)O)=C(C(CS(=O)(=O)O)Sc3nn[nH]n3)CS[C@@H]12.O=C(O)C(F)(F)F. The predicted molar refractivity (Wildman–Crippen MR) is 142 cm³/mol. The summed E-state index contributed by atoms with van der Waals surface area (Å²) in [6.45, 7) is 0.250. The number of β-lactam (4-membered cyclic amide) rings is 1. The molecule has 234 valence electrons. The number of H-pyrrole nitrogens is 1. The molecule has 2 unspecified atom stereocenters. The number of benzene rings is 1. The lowest BCUT2D eigenvalue weighted by Gasteiger charge is -2.50. The molecule has 2 amide bonds. The number of thioether (sulfide) groups is 2. The zero-order valence-corrected chi connectivity index (χ0v) is 23.8. The number of hydrogen-bond acceptors (Lipinski definition) is 12. The Morgan fingerprint density at radius 1 is 1.23 bits per heavy atom. The molecule has 43 heavy (non-hydrogen) atoms. The van der Waals surface area contributed by atoms with Gasteiger partial charge < -0.3 is 21.3 Å². The van der Waals surface area contributed by atoms with Gasteiger partial charge in [0.1, 0.15) is 17.1 Å². The first-order chi connectivity index (χ1) is 20.0. The van der Waals surface area contributed by atoms with Gasteiger partial charge in [-0.1, -0.05) is 36.0 Å². The average molecular weight is 670 g/mol. The summed E-state index contributed by atoms with van der Waals surface area (Å²) >= 11 is 1.96. The highest BCUT2D eigenvalue weighted by atomic mass is 32.2. The number of carboxylic acid groups (broad SMARTS) is 2. The number of fused-ring (bicyclic) bond motifs is 1. The molecule has 3 heterocycles. The number of rotatable bonds is 10. The first-order valence-corrected chi connectivity index (χ1v) is 15.2. The largest absolute Gasteiger partial charge is 0.490 e. The molecule has 0 saturated carbocycles. The molecule has 1 fully saturated rings. The Kier molecular flexibility index (Phi) is 10.8. The lowest BCUT2D eigenvalue weighted by atomic mass is 10.0. The minimum atomic E-state index is -5.08. The molecule has 0 radical (unpaired) electrons. The number of nitrogens with zero attached hydrogens (tertiary/aromatic N) is 4. The number of nitrogens with two attached hydrogens (primary N) is 1. The van der Waals surface area contributed by atoms with Crippen LogP contribution in [0.25, 0.3) is 0 Å². The van der Waals surface area contributed by atoms with Crippen LogP contribution in [0.3, 0.4) is 0 Å². The van der Waals surface area contributed by atoms with Crippen molar-refractivity contribution < 1.29 is 55.5 Å². The summed E-state index contributed by atoms with van der Waals surface area (Å²) in [6, 6.07) is 6.19. The van der Waals surface area contributed by atoms with E-state index in [1.807, 2.05) is 0 Å². The third kappa shape index (κ3) is 8.65. The molecule has 1 aromatic heterocycles. The van der Waals surface area contributed by atoms with Gasteiger partial charge in [-0.2, -0.15) is 26.8 Å². The van der Waals surface area contributed by atoms with Crippen molar-refractivity contribution in [2.75, 3.05) is 11.5 Å². The number of halogens is 3. The molecule has 2 aliphatic rings. The maximum absolute atomic E-state index is 13.0. The number of aliphatic carboxylic acids is 2. The van der Waals surface area contributed by atoms with E-state index in [0.717, 1.165) is 27.8 Å². The molecule has 16 nitrogen and oxygen atoms in total. The molecule has 3 atom stereocenters. The second kappa shape index (κ2) is 13.7. The standard InChI is InChI=1S/C19H21N7O7S3.C2HF3O2/c20-6-10-4-2-1-3-9(10)5-13(27)21-14-16(28)26-15(18(29)30)11(7-34-17(14)26)12(8-36(31,32)33)35-19-22-24-25-23-19;3-2(4,5)1(6)7/h1-4,12,14,17H,5-8,20H2,(H,21,27)(H,29,30)(H,31,32,33)(H,22,23,24,25);(H,6,7)/t12?,14?,17-;/m0./s1. The number of carbonyl (C=O) groups excluding carboxylic acids is 2. The number of aromatic amines is 1. The lowest BCUT2D eigenvalue weighted by Crippen LogP contribution is -2.70. The van der Waals surface area contributed by atoms with Crippen molar-refractivity contribution >= 4 is 57.4 Å². The molecule has 1 aromatic carbocycles. The first kappa shape index (κ1) is 33.8. The lowest BCUT2D eigenvalue weighted by molar-refractivity contribution is -0.192. The Labute approximate surface area is 248 Å². The van der Waals surface area contributed by atoms with E-state index in [1.54, 1.807) is 24.3 Å². The van der Waals surface area contributed by atoms with Crippen LogP contribution in [-0.4, -0.2) is 107 Å². The van der Waals surface area contributed by atoms with Crippen molar-refractivity contribution in [3.8, 4) is 0 Å². The highest BCUT2D eigenvalue weighted by Crippen LogP contribution is 2.43. The molecule has 22 heteroatoms. The van der Waals surface area contributed by atoms with Crippen molar-refractivity contribution in [1.82, 2.24) is 30.8 Å². The molecule has 7 N–H and O–H groups in total. The maximum Gasteiger partial charge on any atom is 0.490 e. The van der Waals surface area contributed by atoms with Crippen LogP contribution < -0.4 is 11.1 Å². The van der Waals surface area contributed by atoms with Crippen LogP contribution in [0, 0.1) is 0 Å². The Morgan fingerprint density at radius 3 is 2.37 bits per heavy atom. The van der Waals surface area contributed by atoms with E-state index in [9.17, 15) is 45.6 Å². The molecule has 0 spiro atoms. The van der Waals surface area contributed by atoms with Gasteiger partial charge in [0, 0.05) is 12.3 Å². The van der Waals surface area contributed by atoms with E-state index < -0.39 is 68.2 Å². The van der Waals surface area contributed by atoms with Crippen molar-refractivity contribution in [3.63, 3.8) is 0 Å². The topological polar surface area (TPSA) is 259 Å². The summed E-state index contributed by atoms with van der Waals surface area (Å²) < 4.78 is 64.5. The first-order valence-electron chi connectivity index (χ1n) is 11.7. The second-order valence-corrected chi connectivity index (χ2v) is 12.4. The van der Waals surface area contributed by atoms with Gasteiger partial charge in [0.15, 0.2) is 0 Å². The molecule has 0 bridgehead atoms. The number of carbonyl (C=O) groups is 4. The Morgan fingerprint density at radius 2 is 1.86 bits per heavy atom. The van der Waals surface area contributed by atoms with Gasteiger partial charge in [-0.05, 0) is 21.9 Å². The normalized spacial score (nSPS) is 19.0. The molecule has 2 aliphatic heterocycles. The third-order valence-corrected chi connectivity index (χ3v) is 9.16. The number of amides is 2. The molecular weight excluding hydrogens is 647 g/mol. The zero-order chi connectivity index (χ0) is 32.1. The van der Waals surface area contributed by atoms with Gasteiger partial charge in [-0.3, -0.25) is 19.0 Å². The molecule has 1 saturated heterocycles. The summed E-state index contributed by atoms with van der Waals surface area (Å²) in [5.74, 6) is -6.06. The van der Waals surface area contributed by atoms with Gasteiger partial charge in [0.25, 0.3) is 16.0 Å². The summed E-state index contributed by atoms with van der Waals surface area (Å²) in [7, 11) is -4.53. The summed E-state index contributed by atoms with van der Waals surface area (Å²) in [4.78, 5) is 47.7. The fourth-order valence-electron chi connectivity index (χ4n) is 3.94. The smallest absolute Gasteiger partial charge is 0.477 e. The number of hydrogen-bond donors (Lipinski definition) is 6. The van der Waals surface area contributed by atoms with Gasteiger partial charge >= 0.3 is 18.1 Å². The van der Waals surface area contributed by atoms with Crippen LogP contribution in [0.15, 0.2) is 40.7 Å². The average Bonchev–Trinajstić information content (AvgIpc) is 3.43. The quantitative estimate of drug-likeness (QED) is 0.107. The highest BCUT2D eigenvalue weighted by molar-refractivity contribution is 8.01. The molecule has 2 aromatic rings. The van der Waals surface area contributed by atoms with Crippen LogP contribution in [0.2, 0.25) is 0 Å². The van der Waals surface area contributed by atoms with Crippen LogP contribution in [-0.2, 0) is 42.3 Å². The molecule has 0 aliphatic carbocycles. The summed E-state index contributed by atoms with van der Waals surface area (Å²) in [6.07, 6.45) is -5.08. The van der Waals surface area contributed by atoms with E-state index in [1.165, 1.54) is 11.8 Å². The second-order valence-electron chi connectivity index (χ2n) is 8.64. The van der Waals surface area contributed by atoms with Crippen molar-refractivity contribution in [2.24, 2.45) is 5.73 Å². The van der Waals surface area contributed by atoms with Crippen LogP contribution in [0.5, 0.6) is 0 Å². The highest BCUT2D eigenvalue weighted by Gasteiger charge is 2.55. The van der Waals surface area contributed by atoms with Gasteiger partial charge in [-0.25, -0.2) is 9.59 Å². The Hall–Kier alpha value is -3.73. The van der Waals surface area contributed by atoms with E-state index >= 15 is 0 Å². The van der Waals surface area contributed by atoms with Crippen molar-refractivity contribution in [3.05, 3.63) is 46.7 Å². The maximum atomic E-state index is 13.0. The third-order valence-electron chi connectivity index (χ3n) is 5.77. The Bertz CT molecular complexity index is 1520. The van der Waals surface area contributed by atoms with Crippen molar-refractivity contribution in [2.45, 2.75) is 41.0 Å². The number of carboxylic acids is 2. The minimum absolute atomic E-state index is 0.000803. The fourth-order valence-corrected chi connectivity index (χ4v) is 7.62. The predicted octanol–water partition coefficient (Wildman–Crippen LogP) is -0.378. The van der Waals surface area contributed by atoms with E-state index in [0.29, 0.717) is 0 Å². The van der Waals surface area contributed by atoms with Crippen LogP contribution in [0.4, 0.5) is 13.2 Å². The van der Waals surface area contributed by atoms with Gasteiger partial charge in [-0.15, -0.1) is 22.0 Å². The fraction of sp³-hybridized carbons (Fsp3) is 0.381. The van der Waals surface area contributed by atoms with Crippen LogP contribution >= 0.6 is 23.5 Å². The summed E-state index contributed by atoms with van der Waals surface area (Å²) in [5, 5.41) is 31.0. The molecular formula is C21H22F3N7O9S3. The van der Waals surface area contributed by atoms with E-state index in [-0.39, 0.29) is 29.4 Å². The van der Waals surface area contributed by atoms with E-state index in [4.69, 9.17) is 15.6 Å². The van der Waals surface area contributed by atoms with Crippen molar-refractivity contribution in [1.29, 1.82) is 0 Å². The zero-order valence-electron chi connectivity index (χ0n) is 21.4. The number of nitrogens with one attached hydrogen (secondary N) is 2. The van der Waals surface area contributed by atoms with E-state index in [2.05, 4.69) is 25.9 Å². The minimum Gasteiger partial charge on any atom is -0.477 e. The number of aromatic nitrogens is 4. The van der Waals surface area contributed by atoms with Gasteiger partial charge in [0.2, 0.25) is 11.1 Å². The molecule has 4 rings (SSSR count). The number of tetrazole rings is 1. The number of alkyl halides is 3. The monoisotopic (exact) mass is 669 g/mol. The Balaban J connectivity index is 0.000000646.